The molecule has 32 valence electrons. The van der Waals surface area contributed by atoms with Crippen LogP contribution < -0.4 is 0 Å². The Balaban J connectivity index is 3.47. The van der Waals surface area contributed by atoms with Crippen molar-refractivity contribution in [3.63, 3.8) is 0 Å². The molecular formula is C2H9BOS. The average Bonchev–Trinajstić information content (AvgIpc) is 0.722. The minimum atomic E-state index is -1.64. The van der Waals surface area contributed by atoms with E-state index in [1.807, 2.05) is 0 Å². The molecule has 0 saturated heterocycles. The van der Waals surface area contributed by atoms with Gasteiger partial charge in [0.2, 0.25) is 0 Å². The Morgan fingerprint density at radius 1 is 1.60 bits per heavy atom. The SMILES string of the molecule is B[SH](C)(C)=O. The van der Waals surface area contributed by atoms with Crippen LogP contribution in [0.15, 0.2) is 0 Å². The topological polar surface area (TPSA) is 17.1 Å². The standard InChI is InChI=1S/C2H9BOS/c1-5(2,3)4/h5H,3H2,1-2H3. The van der Waals surface area contributed by atoms with Gasteiger partial charge in [-0.05, 0) is 12.5 Å². The molecule has 3 heteroatoms. The lowest BCUT2D eigenvalue weighted by Gasteiger charge is -1.95. The Kier molecular flexibility index (Phi) is 1.18. The van der Waals surface area contributed by atoms with Crippen LogP contribution in [0.1, 0.15) is 0 Å². The van der Waals surface area contributed by atoms with Crippen LogP contribution in [0.2, 0.25) is 0 Å². The zero-order valence-corrected chi connectivity index (χ0v) is 4.75. The van der Waals surface area contributed by atoms with Crippen LogP contribution in [0.25, 0.3) is 0 Å². The Morgan fingerprint density at radius 2 is 1.60 bits per heavy atom. The molecule has 0 fully saturated rings. The lowest BCUT2D eigenvalue weighted by atomic mass is 10.8. The Bertz CT molecular complexity index is 55.8. The third-order valence-electron chi connectivity index (χ3n) is 0. The van der Waals surface area contributed by atoms with Crippen molar-refractivity contribution in [3.05, 3.63) is 0 Å². The molecule has 0 aliphatic rings. The number of thiol groups is 1. The molecule has 0 saturated carbocycles. The Morgan fingerprint density at radius 3 is 1.60 bits per heavy atom. The lowest BCUT2D eigenvalue weighted by molar-refractivity contribution is 0.687. The van der Waals surface area contributed by atoms with Gasteiger partial charge in [-0.15, -0.1) is 9.78 Å². The zero-order chi connectivity index (χ0) is 4.50. The molecule has 0 aliphatic carbocycles. The van der Waals surface area contributed by atoms with Crippen molar-refractivity contribution in [1.82, 2.24) is 0 Å². The highest BCUT2D eigenvalue weighted by Gasteiger charge is 1.81. The van der Waals surface area contributed by atoms with Gasteiger partial charge < -0.3 is 0 Å². The van der Waals surface area contributed by atoms with Gasteiger partial charge in [0, 0.05) is 0 Å². The quantitative estimate of drug-likeness (QED) is 0.293. The third-order valence-corrected chi connectivity index (χ3v) is 0. The summed E-state index contributed by atoms with van der Waals surface area (Å²) in [6.45, 7) is 0. The first-order valence-electron chi connectivity index (χ1n) is 1.52. The lowest BCUT2D eigenvalue weighted by Crippen LogP contribution is -2.01. The van der Waals surface area contributed by atoms with E-state index in [9.17, 15) is 4.21 Å². The van der Waals surface area contributed by atoms with Gasteiger partial charge in [0.15, 0.2) is 7.12 Å². The summed E-state index contributed by atoms with van der Waals surface area (Å²) in [5, 5.41) is 0. The molecule has 0 rings (SSSR count). The molecule has 0 aromatic heterocycles. The summed E-state index contributed by atoms with van der Waals surface area (Å²) < 4.78 is 10.2. The van der Waals surface area contributed by atoms with Gasteiger partial charge in [0.05, 0.1) is 0 Å². The van der Waals surface area contributed by atoms with Gasteiger partial charge in [-0.1, -0.05) is 0 Å². The van der Waals surface area contributed by atoms with Crippen molar-refractivity contribution in [2.45, 2.75) is 0 Å². The molecule has 0 radical (unpaired) electrons. The van der Waals surface area contributed by atoms with Gasteiger partial charge in [0.25, 0.3) is 0 Å². The van der Waals surface area contributed by atoms with Crippen molar-refractivity contribution in [3.8, 4) is 0 Å². The van der Waals surface area contributed by atoms with Crippen molar-refractivity contribution in [1.29, 1.82) is 0 Å². The van der Waals surface area contributed by atoms with Crippen LogP contribution in [-0.4, -0.2) is 23.8 Å². The molecule has 0 unspecified atom stereocenters. The van der Waals surface area contributed by atoms with Crippen LogP contribution in [0.3, 0.4) is 0 Å². The summed E-state index contributed by atoms with van der Waals surface area (Å²) >= 11 is 0. The molecular weight excluding hydrogens is 82.9 g/mol. The third kappa shape index (κ3) is 448. The van der Waals surface area contributed by atoms with Crippen molar-refractivity contribution in [2.24, 2.45) is 0 Å². The van der Waals surface area contributed by atoms with E-state index in [0.717, 1.165) is 0 Å². The smallest absolute Gasteiger partial charge is 0.187 e. The predicted octanol–water partition coefficient (Wildman–Crippen LogP) is -1.19. The van der Waals surface area contributed by atoms with E-state index in [0.29, 0.717) is 0 Å². The fourth-order valence-corrected chi connectivity index (χ4v) is 0. The Hall–Kier alpha value is 0.215. The highest BCUT2D eigenvalue weighted by atomic mass is 32.2. The van der Waals surface area contributed by atoms with E-state index in [1.54, 1.807) is 19.6 Å². The van der Waals surface area contributed by atoms with Crippen LogP contribution in [-0.2, 0) is 9.78 Å². The molecule has 5 heavy (non-hydrogen) atoms. The minimum Gasteiger partial charge on any atom is -0.296 e. The van der Waals surface area contributed by atoms with E-state index in [2.05, 4.69) is 0 Å². The van der Waals surface area contributed by atoms with Gasteiger partial charge in [0.1, 0.15) is 0 Å². The van der Waals surface area contributed by atoms with Gasteiger partial charge >= 0.3 is 0 Å². The fraction of sp³-hybridized carbons (Fsp3) is 1.00. The maximum absolute atomic E-state index is 10.2. The number of hydrogen-bond acceptors (Lipinski definition) is 1. The van der Waals surface area contributed by atoms with Crippen LogP contribution >= 0.6 is 0 Å². The van der Waals surface area contributed by atoms with Crippen molar-refractivity contribution >= 4 is 16.9 Å². The summed E-state index contributed by atoms with van der Waals surface area (Å²) in [6.07, 6.45) is 3.49. The second-order valence-electron chi connectivity index (χ2n) is 1.89. The average molecular weight is 92.0 g/mol. The van der Waals surface area contributed by atoms with Crippen LogP contribution in [0.5, 0.6) is 0 Å². The van der Waals surface area contributed by atoms with Gasteiger partial charge in [-0.3, -0.25) is 4.21 Å². The molecule has 0 bridgehead atoms. The highest BCUT2D eigenvalue weighted by molar-refractivity contribution is 8.21. The second-order valence-corrected chi connectivity index (χ2v) is 5.67. The first-order valence-corrected chi connectivity index (χ1v) is 4.57. The largest absolute Gasteiger partial charge is 0.296 e. The van der Waals surface area contributed by atoms with Gasteiger partial charge in [-0.2, -0.15) is 0 Å². The maximum atomic E-state index is 10.2. The minimum absolute atomic E-state index is 1.64. The predicted molar refractivity (Wildman–Crippen MR) is 29.9 cm³/mol. The van der Waals surface area contributed by atoms with E-state index in [-0.39, 0.29) is 0 Å². The van der Waals surface area contributed by atoms with E-state index in [1.165, 1.54) is 0 Å². The summed E-state index contributed by atoms with van der Waals surface area (Å²) in [6, 6.07) is 0. The normalized spacial score (nSPS) is 14.8. The van der Waals surface area contributed by atoms with E-state index < -0.39 is 9.78 Å². The molecule has 1 nitrogen and oxygen atoms in total. The number of rotatable bonds is 0. The van der Waals surface area contributed by atoms with Crippen LogP contribution in [0, 0.1) is 0 Å². The van der Waals surface area contributed by atoms with E-state index in [4.69, 9.17) is 0 Å². The maximum Gasteiger partial charge on any atom is 0.187 e. The summed E-state index contributed by atoms with van der Waals surface area (Å²) in [4.78, 5) is 0. The number of hydrogen-bond donors (Lipinski definition) is 1. The van der Waals surface area contributed by atoms with E-state index >= 15 is 0 Å². The first kappa shape index (κ1) is 5.21. The zero-order valence-electron chi connectivity index (χ0n) is 3.86. The first-order chi connectivity index (χ1) is 2.00. The summed E-state index contributed by atoms with van der Waals surface area (Å²) in [7, 11) is 0.104. The van der Waals surface area contributed by atoms with Crippen molar-refractivity contribution in [2.75, 3.05) is 12.5 Å². The fourth-order valence-electron chi connectivity index (χ4n) is 0. The molecule has 0 spiro atoms. The molecule has 0 atom stereocenters. The molecule has 0 aromatic carbocycles. The highest BCUT2D eigenvalue weighted by Crippen LogP contribution is 1.74. The van der Waals surface area contributed by atoms with Crippen LogP contribution in [0.4, 0.5) is 0 Å². The monoisotopic (exact) mass is 92.0 g/mol. The Labute approximate surface area is 34.5 Å². The van der Waals surface area contributed by atoms with Gasteiger partial charge in [-0.25, -0.2) is 0 Å². The second kappa shape index (κ2) is 1.13. The molecule has 0 amide bonds. The summed E-state index contributed by atoms with van der Waals surface area (Å²) in [5.74, 6) is 0. The molecule has 0 heterocycles. The molecule has 0 aliphatic heterocycles. The molecule has 0 aromatic rings. The molecule has 0 N–H and O–H groups in total. The summed E-state index contributed by atoms with van der Waals surface area (Å²) in [5.41, 5.74) is 0. The van der Waals surface area contributed by atoms with Crippen molar-refractivity contribution < 1.29 is 4.21 Å².